The Morgan fingerprint density at radius 2 is 1.94 bits per heavy atom. The van der Waals surface area contributed by atoms with Gasteiger partial charge in [-0.1, -0.05) is 0 Å². The molecular formula is C23H31N3O5. The molecule has 1 atom stereocenters. The largest absolute Gasteiger partial charge is 0.481 e. The number of β-lactam (4-membered cyclic amide) rings is 1. The van der Waals surface area contributed by atoms with Gasteiger partial charge in [-0.25, -0.2) is 4.98 Å². The van der Waals surface area contributed by atoms with Crippen LogP contribution >= 0.6 is 0 Å². The zero-order chi connectivity index (χ0) is 21.4. The van der Waals surface area contributed by atoms with E-state index < -0.39 is 0 Å². The average Bonchev–Trinajstić information content (AvgIpc) is 3.64. The van der Waals surface area contributed by atoms with Crippen molar-refractivity contribution in [2.45, 2.75) is 56.2 Å². The molecule has 1 aromatic heterocycles. The molecule has 1 unspecified atom stereocenters. The molecule has 4 heterocycles. The third kappa shape index (κ3) is 3.80. The number of pyridine rings is 1. The van der Waals surface area contributed by atoms with Gasteiger partial charge in [0.25, 0.3) is 11.8 Å². The SMILES string of the molecule is COc1ccc(C(=O)N2CCC(N3C(=O)C(OCC4CC4)C34CCOCC4)CC2)cn1. The van der Waals surface area contributed by atoms with Crippen LogP contribution in [0.4, 0.5) is 0 Å². The van der Waals surface area contributed by atoms with E-state index in [1.54, 1.807) is 25.4 Å². The lowest BCUT2D eigenvalue weighted by Crippen LogP contribution is -2.79. The van der Waals surface area contributed by atoms with Crippen LogP contribution in [-0.2, 0) is 14.3 Å². The van der Waals surface area contributed by atoms with Gasteiger partial charge in [0.2, 0.25) is 5.88 Å². The number of nitrogens with zero attached hydrogens (tertiary/aromatic N) is 3. The number of carbonyl (C=O) groups is 2. The van der Waals surface area contributed by atoms with Crippen molar-refractivity contribution in [2.24, 2.45) is 5.92 Å². The first-order chi connectivity index (χ1) is 15.1. The fraction of sp³-hybridized carbons (Fsp3) is 0.696. The maximum absolute atomic E-state index is 13.1. The summed E-state index contributed by atoms with van der Waals surface area (Å²) in [5.74, 6) is 1.24. The van der Waals surface area contributed by atoms with E-state index in [9.17, 15) is 9.59 Å². The number of rotatable bonds is 6. The molecule has 0 bridgehead atoms. The number of amides is 2. The summed E-state index contributed by atoms with van der Waals surface area (Å²) in [6.45, 7) is 3.33. The molecule has 3 aliphatic heterocycles. The van der Waals surface area contributed by atoms with Gasteiger partial charge < -0.3 is 24.0 Å². The van der Waals surface area contributed by atoms with E-state index in [1.807, 2.05) is 4.90 Å². The molecule has 0 N–H and O–H groups in total. The fourth-order valence-corrected chi connectivity index (χ4v) is 5.29. The Balaban J connectivity index is 1.22. The third-order valence-electron chi connectivity index (χ3n) is 7.29. The first-order valence-electron chi connectivity index (χ1n) is 11.4. The van der Waals surface area contributed by atoms with Crippen molar-refractivity contribution in [1.82, 2.24) is 14.8 Å². The van der Waals surface area contributed by atoms with Crippen LogP contribution in [0.5, 0.6) is 5.88 Å². The number of carbonyl (C=O) groups excluding carboxylic acids is 2. The standard InChI is InChI=1S/C23H31N3O5/c1-29-19-5-4-17(14-24-19)21(27)25-10-6-18(7-11-25)26-22(28)20(31-15-16-2-3-16)23(26)8-12-30-13-9-23/h4-5,14,16,18,20H,2-3,6-13,15H2,1H3. The van der Waals surface area contributed by atoms with E-state index in [0.29, 0.717) is 50.3 Å². The zero-order valence-electron chi connectivity index (χ0n) is 18.1. The second-order valence-electron chi connectivity index (χ2n) is 9.19. The minimum atomic E-state index is -0.318. The minimum absolute atomic E-state index is 0.0186. The monoisotopic (exact) mass is 429 g/mol. The number of piperidine rings is 1. The van der Waals surface area contributed by atoms with Gasteiger partial charge in [0.05, 0.1) is 24.8 Å². The molecule has 1 aliphatic carbocycles. The van der Waals surface area contributed by atoms with Crippen molar-refractivity contribution in [2.75, 3.05) is 40.0 Å². The third-order valence-corrected chi connectivity index (χ3v) is 7.29. The molecule has 31 heavy (non-hydrogen) atoms. The van der Waals surface area contributed by atoms with Crippen molar-refractivity contribution in [3.63, 3.8) is 0 Å². The first-order valence-corrected chi connectivity index (χ1v) is 11.4. The van der Waals surface area contributed by atoms with Crippen LogP contribution in [-0.4, -0.2) is 84.3 Å². The molecule has 8 heteroatoms. The van der Waals surface area contributed by atoms with E-state index in [1.165, 1.54) is 12.8 Å². The highest BCUT2D eigenvalue weighted by Gasteiger charge is 2.63. The second kappa shape index (κ2) is 8.39. The summed E-state index contributed by atoms with van der Waals surface area (Å²) in [5.41, 5.74) is 0.342. The summed E-state index contributed by atoms with van der Waals surface area (Å²) < 4.78 is 16.8. The Morgan fingerprint density at radius 1 is 1.19 bits per heavy atom. The van der Waals surface area contributed by atoms with Crippen molar-refractivity contribution >= 4 is 11.8 Å². The highest BCUT2D eigenvalue weighted by Crippen LogP contribution is 2.46. The zero-order valence-corrected chi connectivity index (χ0v) is 18.1. The van der Waals surface area contributed by atoms with Gasteiger partial charge in [-0.2, -0.15) is 0 Å². The molecular weight excluding hydrogens is 398 g/mol. The maximum atomic E-state index is 13.1. The number of ether oxygens (including phenoxy) is 3. The van der Waals surface area contributed by atoms with E-state index in [-0.39, 0.29) is 29.5 Å². The van der Waals surface area contributed by atoms with Crippen LogP contribution in [0.15, 0.2) is 18.3 Å². The molecule has 1 aromatic rings. The van der Waals surface area contributed by atoms with Gasteiger partial charge in [-0.15, -0.1) is 0 Å². The average molecular weight is 430 g/mol. The van der Waals surface area contributed by atoms with Crippen molar-refractivity contribution in [3.05, 3.63) is 23.9 Å². The molecule has 1 spiro atoms. The summed E-state index contributed by atoms with van der Waals surface area (Å²) >= 11 is 0. The maximum Gasteiger partial charge on any atom is 0.255 e. The number of hydrogen-bond acceptors (Lipinski definition) is 6. The van der Waals surface area contributed by atoms with Crippen molar-refractivity contribution in [1.29, 1.82) is 0 Å². The van der Waals surface area contributed by atoms with Crippen LogP contribution in [0.2, 0.25) is 0 Å². The Kier molecular flexibility index (Phi) is 5.60. The van der Waals surface area contributed by atoms with Gasteiger partial charge in [0.1, 0.15) is 0 Å². The Morgan fingerprint density at radius 3 is 2.55 bits per heavy atom. The number of aromatic nitrogens is 1. The summed E-state index contributed by atoms with van der Waals surface area (Å²) in [5, 5.41) is 0. The topological polar surface area (TPSA) is 81.2 Å². The molecule has 0 radical (unpaired) electrons. The molecule has 5 rings (SSSR count). The fourth-order valence-electron chi connectivity index (χ4n) is 5.29. The quantitative estimate of drug-likeness (QED) is 0.643. The van der Waals surface area contributed by atoms with E-state index >= 15 is 0 Å². The molecule has 1 saturated carbocycles. The van der Waals surface area contributed by atoms with Crippen LogP contribution in [0, 0.1) is 5.92 Å². The van der Waals surface area contributed by atoms with Crippen LogP contribution in [0.1, 0.15) is 48.9 Å². The Labute approximate surface area is 182 Å². The Hall–Kier alpha value is -2.19. The van der Waals surface area contributed by atoms with E-state index in [0.717, 1.165) is 25.7 Å². The number of hydrogen-bond donors (Lipinski definition) is 0. The second-order valence-corrected chi connectivity index (χ2v) is 9.19. The Bertz CT molecular complexity index is 811. The lowest BCUT2D eigenvalue weighted by Gasteiger charge is -2.62. The summed E-state index contributed by atoms with van der Waals surface area (Å²) in [6.07, 6.45) is 6.94. The number of methoxy groups -OCH3 is 1. The van der Waals surface area contributed by atoms with E-state index in [4.69, 9.17) is 14.2 Å². The first kappa shape index (κ1) is 20.7. The van der Waals surface area contributed by atoms with Gasteiger partial charge in [-0.05, 0) is 50.5 Å². The van der Waals surface area contributed by atoms with E-state index in [2.05, 4.69) is 9.88 Å². The van der Waals surface area contributed by atoms with Gasteiger partial charge >= 0.3 is 0 Å². The van der Waals surface area contributed by atoms with Crippen LogP contribution < -0.4 is 4.74 Å². The minimum Gasteiger partial charge on any atom is -0.481 e. The molecule has 3 saturated heterocycles. The van der Waals surface area contributed by atoms with Gasteiger partial charge in [0.15, 0.2) is 6.10 Å². The predicted molar refractivity (Wildman–Crippen MR) is 112 cm³/mol. The molecule has 2 amide bonds. The van der Waals surface area contributed by atoms with Crippen LogP contribution in [0.25, 0.3) is 0 Å². The van der Waals surface area contributed by atoms with Gasteiger partial charge in [0, 0.05) is 44.6 Å². The molecule has 4 fully saturated rings. The summed E-state index contributed by atoms with van der Waals surface area (Å²) in [7, 11) is 1.55. The lowest BCUT2D eigenvalue weighted by molar-refractivity contribution is -0.219. The molecule has 4 aliphatic rings. The van der Waals surface area contributed by atoms with Gasteiger partial charge in [-0.3, -0.25) is 9.59 Å². The molecule has 168 valence electrons. The lowest BCUT2D eigenvalue weighted by atomic mass is 9.72. The summed E-state index contributed by atoms with van der Waals surface area (Å²) in [4.78, 5) is 34.1. The predicted octanol–water partition coefficient (Wildman–Crippen LogP) is 1.88. The normalized spacial score (nSPS) is 26.1. The smallest absolute Gasteiger partial charge is 0.255 e. The van der Waals surface area contributed by atoms with Crippen molar-refractivity contribution in [3.8, 4) is 5.88 Å². The number of likely N-dealkylation sites (tertiary alicyclic amines) is 2. The molecule has 8 nitrogen and oxygen atoms in total. The summed E-state index contributed by atoms with van der Waals surface area (Å²) in [6, 6.07) is 3.61. The van der Waals surface area contributed by atoms with Crippen LogP contribution in [0.3, 0.4) is 0 Å². The van der Waals surface area contributed by atoms with Crippen molar-refractivity contribution < 1.29 is 23.8 Å². The highest BCUT2D eigenvalue weighted by atomic mass is 16.5. The highest BCUT2D eigenvalue weighted by molar-refractivity contribution is 5.94. The molecule has 0 aromatic carbocycles.